The molecule has 2 fully saturated rings. The van der Waals surface area contributed by atoms with E-state index in [4.69, 9.17) is 0 Å². The molecule has 0 aliphatic heterocycles. The first-order chi connectivity index (χ1) is 6.45. The molecule has 0 amide bonds. The summed E-state index contributed by atoms with van der Waals surface area (Å²) in [5, 5.41) is 11.3. The first-order valence-corrected chi connectivity index (χ1v) is 5.89. The van der Waals surface area contributed by atoms with Gasteiger partial charge in [0.1, 0.15) is 0 Å². The number of fused-ring (bicyclic) bond motifs is 2. The van der Waals surface area contributed by atoms with E-state index in [9.17, 15) is 9.90 Å². The number of aliphatic carboxylic acids is 1. The third-order valence-corrected chi connectivity index (χ3v) is 4.70. The fraction of sp³-hybridized carbons (Fsp3) is 0.727. The van der Waals surface area contributed by atoms with Gasteiger partial charge >= 0.3 is 0 Å². The summed E-state index contributed by atoms with van der Waals surface area (Å²) in [6, 6.07) is 0. The third kappa shape index (κ3) is 0.992. The average molecular weight is 258 g/mol. The SMILES string of the molecule is CC1(C)/C(=C\Br)[C@]2(C(=O)[O-])CC[C@@H]1C2. The van der Waals surface area contributed by atoms with Gasteiger partial charge in [-0.25, -0.2) is 0 Å². The van der Waals surface area contributed by atoms with E-state index in [1.165, 1.54) is 0 Å². The molecule has 0 spiro atoms. The van der Waals surface area contributed by atoms with Crippen molar-refractivity contribution < 1.29 is 9.90 Å². The highest BCUT2D eigenvalue weighted by Crippen LogP contribution is 2.65. The summed E-state index contributed by atoms with van der Waals surface area (Å²) in [5.74, 6) is -0.388. The largest absolute Gasteiger partial charge is 0.549 e. The standard InChI is InChI=1S/C11H15BrO2/c1-10(2)7-3-4-11(5-7,9(13)14)8(10)6-12/h6-7H,3-5H2,1-2H3,(H,13,14)/p-1/b8-6+/t7-,11+/m1/s1. The van der Waals surface area contributed by atoms with E-state index in [0.29, 0.717) is 5.92 Å². The number of carbonyl (C=O) groups is 1. The predicted molar refractivity (Wildman–Crippen MR) is 55.6 cm³/mol. The molecule has 0 aromatic heterocycles. The zero-order valence-corrected chi connectivity index (χ0v) is 10.1. The number of carboxylic acids is 1. The van der Waals surface area contributed by atoms with E-state index in [-0.39, 0.29) is 5.41 Å². The molecule has 0 aromatic rings. The molecule has 0 aromatic carbocycles. The Morgan fingerprint density at radius 1 is 1.64 bits per heavy atom. The van der Waals surface area contributed by atoms with Crippen LogP contribution in [0.4, 0.5) is 0 Å². The molecular formula is C11H14BrO2-. The topological polar surface area (TPSA) is 40.1 Å². The highest BCUT2D eigenvalue weighted by Gasteiger charge is 2.58. The second-order valence-electron chi connectivity index (χ2n) is 5.05. The van der Waals surface area contributed by atoms with Gasteiger partial charge in [-0.1, -0.05) is 29.8 Å². The van der Waals surface area contributed by atoms with Crippen LogP contribution in [0.15, 0.2) is 10.6 Å². The van der Waals surface area contributed by atoms with Crippen molar-refractivity contribution in [2.24, 2.45) is 16.7 Å². The zero-order valence-electron chi connectivity index (χ0n) is 8.47. The van der Waals surface area contributed by atoms with Crippen LogP contribution >= 0.6 is 15.9 Å². The minimum atomic E-state index is -0.892. The summed E-state index contributed by atoms with van der Waals surface area (Å²) in [5.41, 5.74) is 0.362. The summed E-state index contributed by atoms with van der Waals surface area (Å²) < 4.78 is 0. The van der Waals surface area contributed by atoms with Crippen molar-refractivity contribution in [2.45, 2.75) is 33.1 Å². The van der Waals surface area contributed by atoms with E-state index < -0.39 is 11.4 Å². The van der Waals surface area contributed by atoms with Crippen LogP contribution in [0, 0.1) is 16.7 Å². The Kier molecular flexibility index (Phi) is 2.08. The smallest absolute Gasteiger partial charge is 0.0517 e. The third-order valence-electron chi connectivity index (χ3n) is 4.24. The minimum absolute atomic E-state index is 0.0157. The second-order valence-corrected chi connectivity index (χ2v) is 5.51. The molecule has 2 aliphatic rings. The van der Waals surface area contributed by atoms with Gasteiger partial charge in [0.15, 0.2) is 0 Å². The van der Waals surface area contributed by atoms with Gasteiger partial charge in [-0.15, -0.1) is 0 Å². The molecule has 0 unspecified atom stereocenters. The molecule has 2 atom stereocenters. The Bertz CT molecular complexity index is 319. The molecule has 14 heavy (non-hydrogen) atoms. The van der Waals surface area contributed by atoms with Crippen molar-refractivity contribution >= 4 is 21.9 Å². The Hall–Kier alpha value is -0.310. The molecule has 3 heteroatoms. The lowest BCUT2D eigenvalue weighted by Crippen LogP contribution is -2.42. The summed E-state index contributed by atoms with van der Waals surface area (Å²) in [6.07, 6.45) is 2.53. The van der Waals surface area contributed by atoms with Crippen LogP contribution in [-0.2, 0) is 4.79 Å². The Labute approximate surface area is 92.5 Å². The molecular weight excluding hydrogens is 244 g/mol. The highest BCUT2D eigenvalue weighted by molar-refractivity contribution is 9.11. The van der Waals surface area contributed by atoms with E-state index >= 15 is 0 Å². The summed E-state index contributed by atoms with van der Waals surface area (Å²) in [4.78, 5) is 13.1. The average Bonchev–Trinajstić information content (AvgIpc) is 2.58. The number of halogens is 1. The Morgan fingerprint density at radius 3 is 2.71 bits per heavy atom. The maximum absolute atomic E-state index is 11.3. The Morgan fingerprint density at radius 2 is 2.29 bits per heavy atom. The molecule has 0 N–H and O–H groups in total. The van der Waals surface area contributed by atoms with Gasteiger partial charge in [-0.3, -0.25) is 0 Å². The fourth-order valence-electron chi connectivity index (χ4n) is 3.28. The Balaban J connectivity index is 2.52. The van der Waals surface area contributed by atoms with E-state index in [2.05, 4.69) is 29.8 Å². The van der Waals surface area contributed by atoms with Crippen LogP contribution in [0.2, 0.25) is 0 Å². The number of carboxylic acid groups (broad SMARTS) is 1. The normalized spacial score (nSPS) is 41.9. The van der Waals surface area contributed by atoms with Gasteiger partial charge in [0.2, 0.25) is 0 Å². The maximum Gasteiger partial charge on any atom is 0.0517 e. The number of hydrogen-bond donors (Lipinski definition) is 0. The van der Waals surface area contributed by atoms with E-state index in [0.717, 1.165) is 24.8 Å². The molecule has 0 saturated heterocycles. The van der Waals surface area contributed by atoms with Crippen molar-refractivity contribution in [3.8, 4) is 0 Å². The van der Waals surface area contributed by atoms with Crippen molar-refractivity contribution in [1.29, 1.82) is 0 Å². The van der Waals surface area contributed by atoms with Crippen LogP contribution < -0.4 is 5.11 Å². The lowest BCUT2D eigenvalue weighted by atomic mass is 9.68. The van der Waals surface area contributed by atoms with E-state index in [1.54, 1.807) is 0 Å². The monoisotopic (exact) mass is 257 g/mol. The van der Waals surface area contributed by atoms with Crippen molar-refractivity contribution in [1.82, 2.24) is 0 Å². The van der Waals surface area contributed by atoms with Gasteiger partial charge in [0.05, 0.1) is 5.97 Å². The van der Waals surface area contributed by atoms with Gasteiger partial charge in [0, 0.05) is 5.41 Å². The summed E-state index contributed by atoms with van der Waals surface area (Å²) in [7, 11) is 0. The van der Waals surface area contributed by atoms with Crippen LogP contribution in [0.5, 0.6) is 0 Å². The van der Waals surface area contributed by atoms with Gasteiger partial charge < -0.3 is 9.90 Å². The van der Waals surface area contributed by atoms with Crippen molar-refractivity contribution in [3.05, 3.63) is 10.6 Å². The quantitative estimate of drug-likeness (QED) is 0.720. The van der Waals surface area contributed by atoms with Gasteiger partial charge in [-0.2, -0.15) is 0 Å². The molecule has 2 bridgehead atoms. The number of hydrogen-bond acceptors (Lipinski definition) is 2. The minimum Gasteiger partial charge on any atom is -0.549 e. The number of carbonyl (C=O) groups excluding carboxylic acids is 1. The number of rotatable bonds is 1. The molecule has 0 heterocycles. The molecule has 2 saturated carbocycles. The molecule has 78 valence electrons. The maximum atomic E-state index is 11.3. The molecule has 0 radical (unpaired) electrons. The zero-order chi connectivity index (χ0) is 10.6. The van der Waals surface area contributed by atoms with Crippen LogP contribution in [0.3, 0.4) is 0 Å². The first kappa shape index (κ1) is 10.2. The molecule has 2 aliphatic carbocycles. The lowest BCUT2D eigenvalue weighted by Gasteiger charge is -2.38. The van der Waals surface area contributed by atoms with Crippen molar-refractivity contribution in [3.63, 3.8) is 0 Å². The second kappa shape index (κ2) is 2.84. The van der Waals surface area contributed by atoms with E-state index in [1.807, 2.05) is 4.99 Å². The van der Waals surface area contributed by atoms with Gasteiger partial charge in [0.25, 0.3) is 0 Å². The first-order valence-electron chi connectivity index (χ1n) is 4.98. The highest BCUT2D eigenvalue weighted by atomic mass is 79.9. The van der Waals surface area contributed by atoms with Crippen molar-refractivity contribution in [2.75, 3.05) is 0 Å². The van der Waals surface area contributed by atoms with Gasteiger partial charge in [-0.05, 0) is 41.2 Å². The summed E-state index contributed by atoms with van der Waals surface area (Å²) >= 11 is 3.30. The summed E-state index contributed by atoms with van der Waals surface area (Å²) in [6.45, 7) is 4.27. The fourth-order valence-corrected chi connectivity index (χ4v) is 4.31. The van der Waals surface area contributed by atoms with Crippen LogP contribution in [0.25, 0.3) is 0 Å². The molecule has 2 nitrogen and oxygen atoms in total. The van der Waals surface area contributed by atoms with Crippen LogP contribution in [-0.4, -0.2) is 5.97 Å². The lowest BCUT2D eigenvalue weighted by molar-refractivity contribution is -0.316. The molecule has 2 rings (SSSR count). The predicted octanol–water partition coefficient (Wildman–Crippen LogP) is 1.84. The van der Waals surface area contributed by atoms with Crippen LogP contribution in [0.1, 0.15) is 33.1 Å².